The van der Waals surface area contributed by atoms with E-state index in [-0.39, 0.29) is 18.0 Å². The van der Waals surface area contributed by atoms with E-state index < -0.39 is 0 Å². The summed E-state index contributed by atoms with van der Waals surface area (Å²) in [5, 5.41) is 9.18. The number of unbranched alkanes of at least 4 members (excludes halogenated alkanes) is 1. The van der Waals surface area contributed by atoms with E-state index in [1.807, 2.05) is 48.4 Å². The highest BCUT2D eigenvalue weighted by Gasteiger charge is 2.38. The van der Waals surface area contributed by atoms with E-state index in [0.717, 1.165) is 48.5 Å². The molecular weight excluding hydrogens is 434 g/mol. The molecule has 182 valence electrons. The number of nitrogens with one attached hydrogen (secondary N) is 1. The van der Waals surface area contributed by atoms with Gasteiger partial charge >= 0.3 is 0 Å². The summed E-state index contributed by atoms with van der Waals surface area (Å²) >= 11 is 0. The molecule has 2 aromatic carbocycles. The molecule has 1 saturated heterocycles. The molecule has 0 bridgehead atoms. The lowest BCUT2D eigenvalue weighted by atomic mass is 9.95. The van der Waals surface area contributed by atoms with Gasteiger partial charge in [0.1, 0.15) is 5.82 Å². The van der Waals surface area contributed by atoms with Crippen LogP contribution in [0.1, 0.15) is 66.0 Å². The first-order chi connectivity index (χ1) is 16.9. The van der Waals surface area contributed by atoms with Crippen LogP contribution in [0.2, 0.25) is 0 Å². The number of aromatic nitrogens is 2. The minimum Gasteiger partial charge on any atom is -0.345 e. The summed E-state index contributed by atoms with van der Waals surface area (Å²) in [6.45, 7) is 9.42. The minimum absolute atomic E-state index is 0.00398. The molecule has 2 heterocycles. The Morgan fingerprint density at radius 1 is 1.17 bits per heavy atom. The molecule has 0 radical (unpaired) electrons. The second-order valence-corrected chi connectivity index (χ2v) is 9.64. The highest BCUT2D eigenvalue weighted by atomic mass is 16.2. The molecule has 0 saturated carbocycles. The van der Waals surface area contributed by atoms with Gasteiger partial charge in [-0.1, -0.05) is 44.0 Å². The van der Waals surface area contributed by atoms with Crippen LogP contribution in [0, 0.1) is 32.1 Å². The van der Waals surface area contributed by atoms with Gasteiger partial charge in [-0.05, 0) is 68.5 Å². The van der Waals surface area contributed by atoms with Crippen LogP contribution >= 0.6 is 0 Å². The Morgan fingerprint density at radius 3 is 2.60 bits per heavy atom. The third-order valence-corrected chi connectivity index (χ3v) is 7.23. The number of carbonyl (C=O) groups is 1. The Hall–Kier alpha value is -3.43. The number of carbonyl (C=O) groups excluding carboxylic acids is 1. The second-order valence-electron chi connectivity index (χ2n) is 9.64. The van der Waals surface area contributed by atoms with Crippen LogP contribution in [0.15, 0.2) is 48.7 Å². The highest BCUT2D eigenvalue weighted by Crippen LogP contribution is 2.33. The Balaban J connectivity index is 1.68. The summed E-state index contributed by atoms with van der Waals surface area (Å²) in [4.78, 5) is 25.9. The maximum atomic E-state index is 13.6. The molecule has 3 aromatic rings. The number of nitrogens with zero attached hydrogens (tertiary/aromatic N) is 4. The number of hydrogen-bond acceptors (Lipinski definition) is 4. The largest absolute Gasteiger partial charge is 0.345 e. The predicted octanol–water partition coefficient (Wildman–Crippen LogP) is 5.40. The molecule has 6 heteroatoms. The number of amides is 1. The minimum atomic E-state index is -0.00398. The molecule has 1 amide bonds. The van der Waals surface area contributed by atoms with Crippen LogP contribution < -0.4 is 4.90 Å². The van der Waals surface area contributed by atoms with Crippen LogP contribution in [0.25, 0.3) is 0 Å². The third kappa shape index (κ3) is 5.47. The fraction of sp³-hybridized carbons (Fsp3) is 0.414. The first kappa shape index (κ1) is 24.7. The van der Waals surface area contributed by atoms with Crippen molar-refractivity contribution in [3.63, 3.8) is 0 Å². The quantitative estimate of drug-likeness (QED) is 0.479. The topological polar surface area (TPSA) is 76.0 Å². The fourth-order valence-corrected chi connectivity index (χ4v) is 5.06. The zero-order valence-electron chi connectivity index (χ0n) is 21.2. The summed E-state index contributed by atoms with van der Waals surface area (Å²) < 4.78 is 0. The van der Waals surface area contributed by atoms with Gasteiger partial charge in [0.2, 0.25) is 5.91 Å². The lowest BCUT2D eigenvalue weighted by Gasteiger charge is -2.45. The molecule has 1 unspecified atom stereocenters. The summed E-state index contributed by atoms with van der Waals surface area (Å²) in [5.41, 5.74) is 6.22. The number of rotatable bonds is 8. The average molecular weight is 470 g/mol. The first-order valence-electron chi connectivity index (χ1n) is 12.5. The maximum Gasteiger partial charge on any atom is 0.241 e. The van der Waals surface area contributed by atoms with Crippen molar-refractivity contribution in [3.8, 4) is 6.07 Å². The first-order valence-corrected chi connectivity index (χ1v) is 12.5. The van der Waals surface area contributed by atoms with E-state index in [1.165, 1.54) is 11.1 Å². The number of aryl methyl sites for hydroxylation is 2. The average Bonchev–Trinajstić information content (AvgIpc) is 3.30. The van der Waals surface area contributed by atoms with Crippen LogP contribution in [-0.4, -0.2) is 39.9 Å². The van der Waals surface area contributed by atoms with Gasteiger partial charge in [-0.25, -0.2) is 4.98 Å². The van der Waals surface area contributed by atoms with Crippen molar-refractivity contribution < 1.29 is 4.79 Å². The van der Waals surface area contributed by atoms with Crippen LogP contribution in [0.5, 0.6) is 0 Å². The molecular formula is C29H35N5O. The second kappa shape index (κ2) is 10.9. The van der Waals surface area contributed by atoms with Gasteiger partial charge in [-0.15, -0.1) is 0 Å². The SMILES string of the molecule is CCCC[C@H]1CN(c2cccc(C)c2C)C(=O)CN1C(Cc1ccc(C#N)cc1)c1cnc(C)[nH]1. The number of anilines is 1. The summed E-state index contributed by atoms with van der Waals surface area (Å²) in [7, 11) is 0. The molecule has 1 aliphatic heterocycles. The zero-order chi connectivity index (χ0) is 24.9. The van der Waals surface area contributed by atoms with Gasteiger partial charge in [-0.2, -0.15) is 5.26 Å². The lowest BCUT2D eigenvalue weighted by molar-refractivity contribution is -0.123. The van der Waals surface area contributed by atoms with Gasteiger partial charge in [0.05, 0.1) is 29.9 Å². The van der Waals surface area contributed by atoms with Crippen molar-refractivity contribution in [2.24, 2.45) is 0 Å². The van der Waals surface area contributed by atoms with E-state index in [9.17, 15) is 10.1 Å². The van der Waals surface area contributed by atoms with Crippen LogP contribution in [-0.2, 0) is 11.2 Å². The van der Waals surface area contributed by atoms with Crippen LogP contribution in [0.3, 0.4) is 0 Å². The smallest absolute Gasteiger partial charge is 0.241 e. The van der Waals surface area contributed by atoms with Gasteiger partial charge in [-0.3, -0.25) is 9.69 Å². The molecule has 0 aliphatic carbocycles. The van der Waals surface area contributed by atoms with E-state index in [2.05, 4.69) is 53.8 Å². The Labute approximate surface area is 208 Å². The monoisotopic (exact) mass is 469 g/mol. The van der Waals surface area contributed by atoms with Crippen molar-refractivity contribution in [1.82, 2.24) is 14.9 Å². The fourth-order valence-electron chi connectivity index (χ4n) is 5.06. The highest BCUT2D eigenvalue weighted by molar-refractivity contribution is 5.96. The van der Waals surface area contributed by atoms with Crippen molar-refractivity contribution in [1.29, 1.82) is 5.26 Å². The maximum absolute atomic E-state index is 13.6. The predicted molar refractivity (Wildman–Crippen MR) is 139 cm³/mol. The van der Waals surface area contributed by atoms with Gasteiger partial charge in [0.15, 0.2) is 0 Å². The Kier molecular flexibility index (Phi) is 7.67. The standard InChI is InChI=1S/C29H35N5O/c1-5-6-9-25-18-34(27-10-7-8-20(2)21(27)3)29(35)19-33(25)28(26-17-31-22(4)32-26)15-23-11-13-24(16-30)14-12-23/h7-8,10-14,17,25,28H,5-6,9,15,18-19H2,1-4H3,(H,31,32)/t25-,28?/m0/s1. The number of nitriles is 1. The summed E-state index contributed by atoms with van der Waals surface area (Å²) in [5.74, 6) is 1.00. The van der Waals surface area contributed by atoms with Gasteiger partial charge in [0.25, 0.3) is 0 Å². The van der Waals surface area contributed by atoms with Crippen molar-refractivity contribution >= 4 is 11.6 Å². The molecule has 6 nitrogen and oxygen atoms in total. The number of benzene rings is 2. The number of H-pyrrole nitrogens is 1. The summed E-state index contributed by atoms with van der Waals surface area (Å²) in [6.07, 6.45) is 5.91. The van der Waals surface area contributed by atoms with E-state index >= 15 is 0 Å². The molecule has 1 aliphatic rings. The molecule has 1 N–H and O–H groups in total. The molecule has 2 atom stereocenters. The summed E-state index contributed by atoms with van der Waals surface area (Å²) in [6, 6.07) is 16.4. The Morgan fingerprint density at radius 2 is 1.94 bits per heavy atom. The molecule has 4 rings (SSSR count). The van der Waals surface area contributed by atoms with E-state index in [4.69, 9.17) is 0 Å². The third-order valence-electron chi connectivity index (χ3n) is 7.23. The number of hydrogen-bond donors (Lipinski definition) is 1. The van der Waals surface area contributed by atoms with Crippen molar-refractivity contribution in [3.05, 3.63) is 82.4 Å². The number of aromatic amines is 1. The molecule has 0 spiro atoms. The van der Waals surface area contributed by atoms with Gasteiger partial charge < -0.3 is 9.88 Å². The van der Waals surface area contributed by atoms with E-state index in [0.29, 0.717) is 18.7 Å². The van der Waals surface area contributed by atoms with Gasteiger partial charge in [0, 0.05) is 24.5 Å². The van der Waals surface area contributed by atoms with Crippen molar-refractivity contribution in [2.75, 3.05) is 18.0 Å². The Bertz CT molecular complexity index is 1210. The molecule has 1 fully saturated rings. The van der Waals surface area contributed by atoms with E-state index in [1.54, 1.807) is 0 Å². The lowest BCUT2D eigenvalue weighted by Crippen LogP contribution is -2.57. The van der Waals surface area contributed by atoms with Crippen molar-refractivity contribution in [2.45, 2.75) is 65.5 Å². The van der Waals surface area contributed by atoms with Crippen LogP contribution in [0.4, 0.5) is 5.69 Å². The number of piperazine rings is 1. The number of imidazole rings is 1. The molecule has 1 aromatic heterocycles. The normalized spacial score (nSPS) is 17.4. The zero-order valence-corrected chi connectivity index (χ0v) is 21.2. The molecule has 35 heavy (non-hydrogen) atoms.